The molecule has 0 N–H and O–H groups in total. The van der Waals surface area contributed by atoms with Crippen LogP contribution in [0.5, 0.6) is 0 Å². The Labute approximate surface area is 124 Å². The molecule has 1 aromatic rings. The highest BCUT2D eigenvalue weighted by molar-refractivity contribution is 9.08. The van der Waals surface area contributed by atoms with Crippen LogP contribution in [0.15, 0.2) is 18.2 Å². The van der Waals surface area contributed by atoms with E-state index < -0.39 is 0 Å². The normalized spacial score (nSPS) is 11.0. The standard InChI is InChI=1S/C14H22BrClN2/c1-4-8-18(10-9-17(2)3)14-12(11-15)6-5-7-13(14)16/h5-7H,4,8-11H2,1-3H3. The van der Waals surface area contributed by atoms with Gasteiger partial charge in [0, 0.05) is 25.0 Å². The third kappa shape index (κ3) is 4.45. The molecule has 0 amide bonds. The van der Waals surface area contributed by atoms with Crippen molar-refractivity contribution < 1.29 is 0 Å². The van der Waals surface area contributed by atoms with Gasteiger partial charge in [-0.05, 0) is 32.1 Å². The summed E-state index contributed by atoms with van der Waals surface area (Å²) in [6.07, 6.45) is 1.13. The van der Waals surface area contributed by atoms with Crippen molar-refractivity contribution in [1.82, 2.24) is 4.90 Å². The van der Waals surface area contributed by atoms with E-state index in [0.717, 1.165) is 36.4 Å². The monoisotopic (exact) mass is 332 g/mol. The number of halogens is 2. The molecule has 0 aliphatic rings. The lowest BCUT2D eigenvalue weighted by Crippen LogP contribution is -2.33. The zero-order valence-electron chi connectivity index (χ0n) is 11.4. The third-order valence-electron chi connectivity index (χ3n) is 2.84. The number of anilines is 1. The fourth-order valence-corrected chi connectivity index (χ4v) is 2.71. The summed E-state index contributed by atoms with van der Waals surface area (Å²) in [4.78, 5) is 4.59. The molecule has 0 spiro atoms. The van der Waals surface area contributed by atoms with Crippen molar-refractivity contribution in [2.45, 2.75) is 18.7 Å². The van der Waals surface area contributed by atoms with Crippen LogP contribution in [0, 0.1) is 0 Å². The van der Waals surface area contributed by atoms with Gasteiger partial charge in [0.15, 0.2) is 0 Å². The van der Waals surface area contributed by atoms with E-state index in [4.69, 9.17) is 11.6 Å². The first-order valence-electron chi connectivity index (χ1n) is 6.33. The maximum atomic E-state index is 6.38. The molecule has 0 unspecified atom stereocenters. The number of rotatable bonds is 7. The minimum Gasteiger partial charge on any atom is -0.369 e. The first-order chi connectivity index (χ1) is 8.60. The van der Waals surface area contributed by atoms with Gasteiger partial charge < -0.3 is 9.80 Å². The molecule has 102 valence electrons. The molecule has 18 heavy (non-hydrogen) atoms. The first-order valence-corrected chi connectivity index (χ1v) is 7.83. The third-order valence-corrected chi connectivity index (χ3v) is 3.75. The van der Waals surface area contributed by atoms with Gasteiger partial charge in [0.1, 0.15) is 0 Å². The summed E-state index contributed by atoms with van der Waals surface area (Å²) >= 11 is 9.92. The lowest BCUT2D eigenvalue weighted by Gasteiger charge is -2.28. The van der Waals surface area contributed by atoms with Crippen LogP contribution in [0.2, 0.25) is 5.02 Å². The molecular formula is C14H22BrClN2. The molecule has 4 heteroatoms. The predicted molar refractivity (Wildman–Crippen MR) is 85.1 cm³/mol. The number of likely N-dealkylation sites (N-methyl/N-ethyl adjacent to an activating group) is 1. The molecule has 0 heterocycles. The van der Waals surface area contributed by atoms with Crippen molar-refractivity contribution in [3.05, 3.63) is 28.8 Å². The van der Waals surface area contributed by atoms with Gasteiger partial charge in [0.25, 0.3) is 0 Å². The molecule has 0 radical (unpaired) electrons. The summed E-state index contributed by atoms with van der Waals surface area (Å²) in [7, 11) is 4.20. The molecule has 0 fully saturated rings. The predicted octanol–water partition coefficient (Wildman–Crippen LogP) is 4.01. The minimum atomic E-state index is 0.838. The van der Waals surface area contributed by atoms with Crippen molar-refractivity contribution in [1.29, 1.82) is 0 Å². The van der Waals surface area contributed by atoms with Gasteiger partial charge in [0.05, 0.1) is 10.7 Å². The Morgan fingerprint density at radius 2 is 1.89 bits per heavy atom. The van der Waals surface area contributed by atoms with E-state index in [1.165, 1.54) is 11.3 Å². The van der Waals surface area contributed by atoms with Crippen molar-refractivity contribution in [2.24, 2.45) is 0 Å². The second-order valence-electron chi connectivity index (χ2n) is 4.67. The van der Waals surface area contributed by atoms with Crippen LogP contribution in [0.1, 0.15) is 18.9 Å². The average molecular weight is 334 g/mol. The van der Waals surface area contributed by atoms with Gasteiger partial charge in [-0.2, -0.15) is 0 Å². The number of para-hydroxylation sites is 1. The van der Waals surface area contributed by atoms with E-state index in [0.29, 0.717) is 0 Å². The quantitative estimate of drug-likeness (QED) is 0.696. The first kappa shape index (κ1) is 15.8. The summed E-state index contributed by atoms with van der Waals surface area (Å²) in [5, 5.41) is 1.68. The van der Waals surface area contributed by atoms with E-state index in [1.807, 2.05) is 12.1 Å². The smallest absolute Gasteiger partial charge is 0.0642 e. The van der Waals surface area contributed by atoms with Crippen LogP contribution in [0.4, 0.5) is 5.69 Å². The minimum absolute atomic E-state index is 0.838. The highest BCUT2D eigenvalue weighted by atomic mass is 79.9. The molecule has 1 rings (SSSR count). The molecule has 0 saturated carbocycles. The number of nitrogens with zero attached hydrogens (tertiary/aromatic N) is 2. The van der Waals surface area contributed by atoms with Crippen molar-refractivity contribution in [2.75, 3.05) is 38.6 Å². The molecule has 0 aromatic heterocycles. The van der Waals surface area contributed by atoms with E-state index >= 15 is 0 Å². The summed E-state index contributed by atoms with van der Waals surface area (Å²) < 4.78 is 0. The fraction of sp³-hybridized carbons (Fsp3) is 0.571. The van der Waals surface area contributed by atoms with Gasteiger partial charge >= 0.3 is 0 Å². The highest BCUT2D eigenvalue weighted by Crippen LogP contribution is 2.31. The molecule has 2 nitrogen and oxygen atoms in total. The van der Waals surface area contributed by atoms with Gasteiger partial charge in [-0.25, -0.2) is 0 Å². The fourth-order valence-electron chi connectivity index (χ4n) is 1.95. The molecule has 1 aromatic carbocycles. The van der Waals surface area contributed by atoms with Crippen LogP contribution in [0.3, 0.4) is 0 Å². The number of hydrogen-bond acceptors (Lipinski definition) is 2. The van der Waals surface area contributed by atoms with Crippen LogP contribution in [0.25, 0.3) is 0 Å². The Balaban J connectivity index is 2.96. The maximum Gasteiger partial charge on any atom is 0.0642 e. The Morgan fingerprint density at radius 3 is 2.44 bits per heavy atom. The number of benzene rings is 1. The van der Waals surface area contributed by atoms with Crippen LogP contribution in [-0.4, -0.2) is 38.6 Å². The molecular weight excluding hydrogens is 312 g/mol. The van der Waals surface area contributed by atoms with Crippen LogP contribution in [-0.2, 0) is 5.33 Å². The van der Waals surface area contributed by atoms with E-state index in [1.54, 1.807) is 0 Å². The topological polar surface area (TPSA) is 6.48 Å². The van der Waals surface area contributed by atoms with Crippen LogP contribution < -0.4 is 4.90 Å². The van der Waals surface area contributed by atoms with Gasteiger partial charge in [0.2, 0.25) is 0 Å². The van der Waals surface area contributed by atoms with Crippen molar-refractivity contribution >= 4 is 33.2 Å². The summed E-state index contributed by atoms with van der Waals surface area (Å²) in [6.45, 7) is 5.28. The lowest BCUT2D eigenvalue weighted by molar-refractivity contribution is 0.413. The summed E-state index contributed by atoms with van der Waals surface area (Å²) in [6, 6.07) is 6.12. The zero-order valence-corrected chi connectivity index (χ0v) is 13.8. The van der Waals surface area contributed by atoms with Crippen molar-refractivity contribution in [3.8, 4) is 0 Å². The molecule has 0 bridgehead atoms. The van der Waals surface area contributed by atoms with E-state index in [9.17, 15) is 0 Å². The Hall–Kier alpha value is -0.250. The molecule has 0 saturated heterocycles. The SMILES string of the molecule is CCCN(CCN(C)C)c1c(Cl)cccc1CBr. The highest BCUT2D eigenvalue weighted by Gasteiger charge is 2.13. The zero-order chi connectivity index (χ0) is 13.5. The van der Waals surface area contributed by atoms with Crippen LogP contribution >= 0.6 is 27.5 Å². The van der Waals surface area contributed by atoms with E-state index in [-0.39, 0.29) is 0 Å². The Morgan fingerprint density at radius 1 is 1.17 bits per heavy atom. The second-order valence-corrected chi connectivity index (χ2v) is 5.64. The number of hydrogen-bond donors (Lipinski definition) is 0. The van der Waals surface area contributed by atoms with Gasteiger partial charge in [-0.3, -0.25) is 0 Å². The Kier molecular flexibility index (Phi) is 7.05. The lowest BCUT2D eigenvalue weighted by atomic mass is 10.1. The van der Waals surface area contributed by atoms with E-state index in [2.05, 4.69) is 52.8 Å². The average Bonchev–Trinajstić information content (AvgIpc) is 2.34. The van der Waals surface area contributed by atoms with Gasteiger partial charge in [-0.1, -0.05) is 46.6 Å². The largest absolute Gasteiger partial charge is 0.369 e. The maximum absolute atomic E-state index is 6.38. The second kappa shape index (κ2) is 8.03. The molecule has 0 aliphatic heterocycles. The molecule has 0 atom stereocenters. The summed E-state index contributed by atoms with van der Waals surface area (Å²) in [5.41, 5.74) is 2.44. The Bertz CT molecular complexity index is 369. The number of alkyl halides is 1. The summed E-state index contributed by atoms with van der Waals surface area (Å²) in [5.74, 6) is 0. The molecule has 0 aliphatic carbocycles. The van der Waals surface area contributed by atoms with Gasteiger partial charge in [-0.15, -0.1) is 0 Å². The van der Waals surface area contributed by atoms with Crippen molar-refractivity contribution in [3.63, 3.8) is 0 Å².